The Morgan fingerprint density at radius 3 is 2.72 bits per heavy atom. The molecule has 0 aliphatic heterocycles. The van der Waals surface area contributed by atoms with Crippen molar-refractivity contribution in [1.82, 2.24) is 29.9 Å². The highest BCUT2D eigenvalue weighted by atomic mass is 16.1. The minimum atomic E-state index is -0.111. The van der Waals surface area contributed by atoms with E-state index < -0.39 is 0 Å². The molecule has 0 aliphatic carbocycles. The fourth-order valence-corrected chi connectivity index (χ4v) is 2.88. The highest BCUT2D eigenvalue weighted by Crippen LogP contribution is 2.16. The van der Waals surface area contributed by atoms with Gasteiger partial charge in [0.25, 0.3) is 5.91 Å². The Kier molecular flexibility index (Phi) is 4.83. The van der Waals surface area contributed by atoms with Crippen LogP contribution in [0.25, 0.3) is 11.0 Å². The number of fused-ring (bicyclic) bond motifs is 1. The summed E-state index contributed by atoms with van der Waals surface area (Å²) in [5.41, 5.74) is 3.52. The molecule has 1 N–H and O–H groups in total. The number of carbonyl (C=O) groups is 1. The SMILES string of the molecule is Cc1cc(C)n(CCCNC(=O)c2cnc3c(cnn3C(C)C)c2)n1. The zero-order valence-corrected chi connectivity index (χ0v) is 15.2. The monoisotopic (exact) mass is 340 g/mol. The largest absolute Gasteiger partial charge is 0.352 e. The van der Waals surface area contributed by atoms with Gasteiger partial charge >= 0.3 is 0 Å². The molecule has 0 saturated carbocycles. The van der Waals surface area contributed by atoms with Gasteiger partial charge in [-0.25, -0.2) is 9.67 Å². The number of rotatable bonds is 6. The van der Waals surface area contributed by atoms with Crippen molar-refractivity contribution in [2.75, 3.05) is 6.54 Å². The molecule has 0 radical (unpaired) electrons. The second-order valence-corrected chi connectivity index (χ2v) is 6.58. The van der Waals surface area contributed by atoms with E-state index in [9.17, 15) is 4.79 Å². The Balaban J connectivity index is 1.58. The van der Waals surface area contributed by atoms with Gasteiger partial charge in [-0.1, -0.05) is 0 Å². The van der Waals surface area contributed by atoms with Crippen LogP contribution in [0.5, 0.6) is 0 Å². The maximum Gasteiger partial charge on any atom is 0.252 e. The van der Waals surface area contributed by atoms with Gasteiger partial charge in [-0.2, -0.15) is 10.2 Å². The Morgan fingerprint density at radius 1 is 1.24 bits per heavy atom. The summed E-state index contributed by atoms with van der Waals surface area (Å²) in [6.07, 6.45) is 4.19. The van der Waals surface area contributed by atoms with Crippen LogP contribution in [0.15, 0.2) is 24.5 Å². The summed E-state index contributed by atoms with van der Waals surface area (Å²) in [4.78, 5) is 16.7. The van der Waals surface area contributed by atoms with Crippen LogP contribution in [0.3, 0.4) is 0 Å². The molecule has 3 aromatic heterocycles. The van der Waals surface area contributed by atoms with Gasteiger partial charge in [0.15, 0.2) is 5.65 Å². The zero-order chi connectivity index (χ0) is 18.0. The first kappa shape index (κ1) is 17.1. The molecule has 7 nitrogen and oxygen atoms in total. The minimum absolute atomic E-state index is 0.111. The van der Waals surface area contributed by atoms with E-state index in [0.29, 0.717) is 12.1 Å². The number of hydrogen-bond acceptors (Lipinski definition) is 4. The summed E-state index contributed by atoms with van der Waals surface area (Å²) < 4.78 is 3.82. The summed E-state index contributed by atoms with van der Waals surface area (Å²) in [6.45, 7) is 9.51. The van der Waals surface area contributed by atoms with Crippen LogP contribution in [0, 0.1) is 13.8 Å². The van der Waals surface area contributed by atoms with Gasteiger partial charge in [-0.15, -0.1) is 0 Å². The number of nitrogens with zero attached hydrogens (tertiary/aromatic N) is 5. The Hall–Kier alpha value is -2.70. The molecule has 3 heterocycles. The van der Waals surface area contributed by atoms with Crippen molar-refractivity contribution in [3.05, 3.63) is 41.5 Å². The molecule has 0 aliphatic rings. The van der Waals surface area contributed by atoms with E-state index in [-0.39, 0.29) is 11.9 Å². The first-order valence-electron chi connectivity index (χ1n) is 8.58. The molecule has 3 aromatic rings. The Labute approximate surface area is 147 Å². The number of hydrogen-bond donors (Lipinski definition) is 1. The van der Waals surface area contributed by atoms with Crippen LogP contribution in [0.2, 0.25) is 0 Å². The topological polar surface area (TPSA) is 77.6 Å². The molecular formula is C18H24N6O. The molecule has 132 valence electrons. The lowest BCUT2D eigenvalue weighted by molar-refractivity contribution is 0.0952. The van der Waals surface area contributed by atoms with Crippen molar-refractivity contribution >= 4 is 16.9 Å². The zero-order valence-electron chi connectivity index (χ0n) is 15.2. The average molecular weight is 340 g/mol. The maximum atomic E-state index is 12.3. The predicted octanol–water partition coefficient (Wildman–Crippen LogP) is 2.65. The predicted molar refractivity (Wildman–Crippen MR) is 96.6 cm³/mol. The van der Waals surface area contributed by atoms with Crippen molar-refractivity contribution in [2.45, 2.75) is 46.7 Å². The van der Waals surface area contributed by atoms with E-state index in [1.807, 2.05) is 29.3 Å². The third kappa shape index (κ3) is 3.70. The van der Waals surface area contributed by atoms with E-state index in [2.05, 4.69) is 40.4 Å². The smallest absolute Gasteiger partial charge is 0.252 e. The molecule has 0 saturated heterocycles. The summed E-state index contributed by atoms with van der Waals surface area (Å²) in [5, 5.41) is 12.6. The highest BCUT2D eigenvalue weighted by molar-refractivity contribution is 5.96. The van der Waals surface area contributed by atoms with Crippen molar-refractivity contribution in [3.8, 4) is 0 Å². The number of nitrogens with one attached hydrogen (secondary N) is 1. The number of aryl methyl sites for hydroxylation is 3. The highest BCUT2D eigenvalue weighted by Gasteiger charge is 2.11. The van der Waals surface area contributed by atoms with Crippen LogP contribution in [-0.2, 0) is 6.54 Å². The molecule has 0 spiro atoms. The van der Waals surface area contributed by atoms with Crippen molar-refractivity contribution < 1.29 is 4.79 Å². The normalized spacial score (nSPS) is 11.4. The first-order chi connectivity index (χ1) is 12.0. The number of aromatic nitrogens is 5. The quantitative estimate of drug-likeness (QED) is 0.700. The van der Waals surface area contributed by atoms with Crippen LogP contribution in [0.1, 0.15) is 48.1 Å². The molecule has 1 amide bonds. The van der Waals surface area contributed by atoms with Gasteiger partial charge in [-0.05, 0) is 46.2 Å². The van der Waals surface area contributed by atoms with E-state index in [1.165, 1.54) is 0 Å². The lowest BCUT2D eigenvalue weighted by Gasteiger charge is -2.08. The summed E-state index contributed by atoms with van der Waals surface area (Å²) in [7, 11) is 0. The van der Waals surface area contributed by atoms with Crippen molar-refractivity contribution in [2.24, 2.45) is 0 Å². The lowest BCUT2D eigenvalue weighted by Crippen LogP contribution is -2.25. The van der Waals surface area contributed by atoms with Gasteiger partial charge in [0.1, 0.15) is 0 Å². The van der Waals surface area contributed by atoms with E-state index in [1.54, 1.807) is 12.4 Å². The summed E-state index contributed by atoms with van der Waals surface area (Å²) in [6, 6.07) is 4.13. The lowest BCUT2D eigenvalue weighted by atomic mass is 10.2. The molecular weight excluding hydrogens is 316 g/mol. The van der Waals surface area contributed by atoms with Gasteiger partial charge in [0.2, 0.25) is 0 Å². The molecule has 0 fully saturated rings. The fraction of sp³-hybridized carbons (Fsp3) is 0.444. The average Bonchev–Trinajstić information content (AvgIpc) is 3.13. The van der Waals surface area contributed by atoms with E-state index in [0.717, 1.165) is 35.4 Å². The third-order valence-electron chi connectivity index (χ3n) is 4.12. The van der Waals surface area contributed by atoms with Crippen LogP contribution >= 0.6 is 0 Å². The van der Waals surface area contributed by atoms with Crippen LogP contribution in [-0.4, -0.2) is 37.0 Å². The molecule has 0 bridgehead atoms. The minimum Gasteiger partial charge on any atom is -0.352 e. The molecule has 0 atom stereocenters. The van der Waals surface area contributed by atoms with Crippen molar-refractivity contribution in [1.29, 1.82) is 0 Å². The molecule has 3 rings (SSSR count). The van der Waals surface area contributed by atoms with E-state index in [4.69, 9.17) is 0 Å². The molecule has 7 heteroatoms. The van der Waals surface area contributed by atoms with Gasteiger partial charge in [0, 0.05) is 36.4 Å². The number of amides is 1. The second-order valence-electron chi connectivity index (χ2n) is 6.58. The Bertz CT molecular complexity index is 892. The standard InChI is InChI=1S/C18H24N6O/c1-12(2)24-17-15(11-21-24)9-16(10-20-17)18(25)19-6-5-7-23-14(4)8-13(3)22-23/h8-12H,5-7H2,1-4H3,(H,19,25). The summed E-state index contributed by atoms with van der Waals surface area (Å²) >= 11 is 0. The van der Waals surface area contributed by atoms with E-state index >= 15 is 0 Å². The second kappa shape index (κ2) is 7.04. The molecule has 0 unspecified atom stereocenters. The number of carbonyl (C=O) groups excluding carboxylic acids is 1. The Morgan fingerprint density at radius 2 is 2.04 bits per heavy atom. The van der Waals surface area contributed by atoms with Crippen LogP contribution < -0.4 is 5.32 Å². The fourth-order valence-electron chi connectivity index (χ4n) is 2.88. The van der Waals surface area contributed by atoms with Crippen LogP contribution in [0.4, 0.5) is 0 Å². The third-order valence-corrected chi connectivity index (χ3v) is 4.12. The van der Waals surface area contributed by atoms with Gasteiger partial charge in [0.05, 0.1) is 17.5 Å². The first-order valence-corrected chi connectivity index (χ1v) is 8.58. The molecule has 0 aromatic carbocycles. The maximum absolute atomic E-state index is 12.3. The molecule has 25 heavy (non-hydrogen) atoms. The summed E-state index contributed by atoms with van der Waals surface area (Å²) in [5.74, 6) is -0.111. The van der Waals surface area contributed by atoms with Crippen molar-refractivity contribution in [3.63, 3.8) is 0 Å². The number of pyridine rings is 1. The van der Waals surface area contributed by atoms with Gasteiger partial charge < -0.3 is 5.32 Å². The van der Waals surface area contributed by atoms with Gasteiger partial charge in [-0.3, -0.25) is 9.48 Å².